The third kappa shape index (κ3) is 4.07. The van der Waals surface area contributed by atoms with Crippen LogP contribution in [0.2, 0.25) is 0 Å². The number of pyridine rings is 1. The van der Waals surface area contributed by atoms with Crippen LogP contribution >= 0.6 is 0 Å². The molecule has 1 N–H and O–H groups in total. The van der Waals surface area contributed by atoms with Crippen LogP contribution in [-0.2, 0) is 14.1 Å². The van der Waals surface area contributed by atoms with Gasteiger partial charge in [0.15, 0.2) is 5.82 Å². The lowest BCUT2D eigenvalue weighted by molar-refractivity contribution is 0.0934. The number of rotatable bonds is 5. The summed E-state index contributed by atoms with van der Waals surface area (Å²) in [5.74, 6) is -0.636. The second-order valence-corrected chi connectivity index (χ2v) is 6.87. The maximum Gasteiger partial charge on any atom is 0.270 e. The Kier molecular flexibility index (Phi) is 5.05. The summed E-state index contributed by atoms with van der Waals surface area (Å²) in [6.45, 7) is 1.76. The number of carbonyl (C=O) groups excluding carboxylic acids is 1. The normalized spacial score (nSPS) is 12.0. The molecule has 0 bridgehead atoms. The molecular formula is C20H19FN8O. The minimum atomic E-state index is -0.603. The molecule has 152 valence electrons. The van der Waals surface area contributed by atoms with Crippen molar-refractivity contribution in [2.75, 3.05) is 0 Å². The van der Waals surface area contributed by atoms with Crippen LogP contribution in [0.15, 0.2) is 49.2 Å². The summed E-state index contributed by atoms with van der Waals surface area (Å²) in [7, 11) is 3.59. The molecule has 4 rings (SSSR count). The lowest BCUT2D eigenvalue weighted by Crippen LogP contribution is -2.28. The Hall–Kier alpha value is -3.95. The third-order valence-corrected chi connectivity index (χ3v) is 4.52. The van der Waals surface area contributed by atoms with Crippen LogP contribution in [0.4, 0.5) is 4.39 Å². The number of aryl methyl sites for hydroxylation is 2. The van der Waals surface area contributed by atoms with Gasteiger partial charge in [0.1, 0.15) is 5.69 Å². The number of halogens is 1. The van der Waals surface area contributed by atoms with Gasteiger partial charge in [-0.3, -0.25) is 14.2 Å². The van der Waals surface area contributed by atoms with Crippen LogP contribution in [-0.4, -0.2) is 40.4 Å². The Morgan fingerprint density at radius 2 is 1.77 bits per heavy atom. The first kappa shape index (κ1) is 19.4. The standard InChI is InChI=1S/C20H19FN8O/c1-12(13-4-5-22-18(21)6-13)25-20(30)17-7-16(14-8-23-28(2)10-14)26-19(27-17)15-9-24-29(3)11-15/h4-12H,1-3H3,(H,25,30). The number of carbonyl (C=O) groups is 1. The monoisotopic (exact) mass is 406 g/mol. The van der Waals surface area contributed by atoms with Crippen LogP contribution in [0.1, 0.15) is 29.0 Å². The molecule has 4 aromatic heterocycles. The van der Waals surface area contributed by atoms with E-state index in [9.17, 15) is 9.18 Å². The molecule has 0 spiro atoms. The van der Waals surface area contributed by atoms with Crippen molar-refractivity contribution in [3.05, 3.63) is 66.4 Å². The van der Waals surface area contributed by atoms with Crippen molar-refractivity contribution in [3.63, 3.8) is 0 Å². The van der Waals surface area contributed by atoms with E-state index in [1.165, 1.54) is 12.3 Å². The first-order valence-corrected chi connectivity index (χ1v) is 9.18. The molecule has 4 heterocycles. The first-order valence-electron chi connectivity index (χ1n) is 9.18. The molecule has 0 aliphatic rings. The van der Waals surface area contributed by atoms with Crippen molar-refractivity contribution in [2.45, 2.75) is 13.0 Å². The third-order valence-electron chi connectivity index (χ3n) is 4.52. The van der Waals surface area contributed by atoms with Crippen LogP contribution < -0.4 is 5.32 Å². The zero-order valence-electron chi connectivity index (χ0n) is 16.6. The van der Waals surface area contributed by atoms with Gasteiger partial charge in [0.25, 0.3) is 5.91 Å². The summed E-state index contributed by atoms with van der Waals surface area (Å²) >= 11 is 0. The van der Waals surface area contributed by atoms with E-state index in [1.807, 2.05) is 0 Å². The van der Waals surface area contributed by atoms with Crippen molar-refractivity contribution in [2.24, 2.45) is 14.1 Å². The molecule has 9 nitrogen and oxygen atoms in total. The van der Waals surface area contributed by atoms with E-state index in [1.54, 1.807) is 67.3 Å². The van der Waals surface area contributed by atoms with Crippen LogP contribution in [0.5, 0.6) is 0 Å². The van der Waals surface area contributed by atoms with E-state index >= 15 is 0 Å². The molecule has 1 unspecified atom stereocenters. The van der Waals surface area contributed by atoms with Gasteiger partial charge in [-0.15, -0.1) is 0 Å². The van der Waals surface area contributed by atoms with Crippen LogP contribution in [0, 0.1) is 5.95 Å². The van der Waals surface area contributed by atoms with Gasteiger partial charge in [0.05, 0.1) is 29.7 Å². The van der Waals surface area contributed by atoms with Gasteiger partial charge >= 0.3 is 0 Å². The van der Waals surface area contributed by atoms with Gasteiger partial charge in [0, 0.05) is 38.2 Å². The maximum absolute atomic E-state index is 13.4. The molecule has 1 amide bonds. The molecule has 0 saturated carbocycles. The average Bonchev–Trinajstić information content (AvgIpc) is 3.36. The second kappa shape index (κ2) is 7.82. The van der Waals surface area contributed by atoms with Gasteiger partial charge in [-0.05, 0) is 30.7 Å². The SMILES string of the molecule is CC(NC(=O)c1cc(-c2cnn(C)c2)nc(-c2cnn(C)c2)n1)c1ccnc(F)c1. The largest absolute Gasteiger partial charge is 0.344 e. The fourth-order valence-electron chi connectivity index (χ4n) is 2.97. The van der Waals surface area contributed by atoms with Gasteiger partial charge in [-0.25, -0.2) is 15.0 Å². The second-order valence-electron chi connectivity index (χ2n) is 6.87. The van der Waals surface area contributed by atoms with Crippen molar-refractivity contribution >= 4 is 5.91 Å². The molecular weight excluding hydrogens is 387 g/mol. The summed E-state index contributed by atoms with van der Waals surface area (Å²) in [6.07, 6.45) is 8.23. The molecule has 0 aliphatic carbocycles. The Morgan fingerprint density at radius 3 is 2.40 bits per heavy atom. The first-order chi connectivity index (χ1) is 14.4. The topological polar surface area (TPSA) is 103 Å². The van der Waals surface area contributed by atoms with E-state index in [4.69, 9.17) is 0 Å². The molecule has 0 fully saturated rings. The maximum atomic E-state index is 13.4. The molecule has 10 heteroatoms. The highest BCUT2D eigenvalue weighted by Crippen LogP contribution is 2.22. The molecule has 1 atom stereocenters. The highest BCUT2D eigenvalue weighted by atomic mass is 19.1. The van der Waals surface area contributed by atoms with Gasteiger partial charge in [-0.1, -0.05) is 0 Å². The predicted molar refractivity (Wildman–Crippen MR) is 107 cm³/mol. The van der Waals surface area contributed by atoms with Crippen molar-refractivity contribution in [1.82, 2.24) is 39.8 Å². The number of aromatic nitrogens is 7. The van der Waals surface area contributed by atoms with E-state index < -0.39 is 17.9 Å². The Bertz CT molecular complexity index is 1160. The smallest absolute Gasteiger partial charge is 0.270 e. The number of nitrogens with zero attached hydrogens (tertiary/aromatic N) is 7. The lowest BCUT2D eigenvalue weighted by atomic mass is 10.1. The Balaban J connectivity index is 1.69. The predicted octanol–water partition coefficient (Wildman–Crippen LogP) is 2.30. The van der Waals surface area contributed by atoms with Crippen molar-refractivity contribution < 1.29 is 9.18 Å². The molecule has 0 aliphatic heterocycles. The van der Waals surface area contributed by atoms with Crippen molar-refractivity contribution in [3.8, 4) is 22.6 Å². The van der Waals surface area contributed by atoms with Crippen LogP contribution in [0.3, 0.4) is 0 Å². The average molecular weight is 406 g/mol. The summed E-state index contributed by atoms with van der Waals surface area (Å²) in [5.41, 5.74) is 2.78. The fraction of sp³-hybridized carbons (Fsp3) is 0.200. The van der Waals surface area contributed by atoms with Gasteiger partial charge < -0.3 is 5.32 Å². The summed E-state index contributed by atoms with van der Waals surface area (Å²) in [5, 5.41) is 11.2. The van der Waals surface area contributed by atoms with Crippen molar-refractivity contribution in [1.29, 1.82) is 0 Å². The minimum absolute atomic E-state index is 0.184. The molecule has 0 saturated heterocycles. The Labute approximate surface area is 171 Å². The highest BCUT2D eigenvalue weighted by Gasteiger charge is 2.18. The zero-order chi connectivity index (χ0) is 21.3. The number of hydrogen-bond acceptors (Lipinski definition) is 6. The zero-order valence-corrected chi connectivity index (χ0v) is 16.6. The fourth-order valence-corrected chi connectivity index (χ4v) is 2.97. The molecule has 4 aromatic rings. The molecule has 0 radical (unpaired) electrons. The molecule has 0 aromatic carbocycles. The number of hydrogen-bond donors (Lipinski definition) is 1. The van der Waals surface area contributed by atoms with Gasteiger partial charge in [-0.2, -0.15) is 14.6 Å². The quantitative estimate of drug-likeness (QED) is 0.510. The summed E-state index contributed by atoms with van der Waals surface area (Å²) < 4.78 is 16.7. The summed E-state index contributed by atoms with van der Waals surface area (Å²) in [4.78, 5) is 25.5. The van der Waals surface area contributed by atoms with Crippen LogP contribution in [0.25, 0.3) is 22.6 Å². The lowest BCUT2D eigenvalue weighted by Gasteiger charge is -2.14. The van der Waals surface area contributed by atoms with E-state index in [0.717, 1.165) is 5.56 Å². The minimum Gasteiger partial charge on any atom is -0.344 e. The summed E-state index contributed by atoms with van der Waals surface area (Å²) in [6, 6.07) is 4.10. The van der Waals surface area contributed by atoms with E-state index in [-0.39, 0.29) is 5.69 Å². The van der Waals surface area contributed by atoms with E-state index in [0.29, 0.717) is 22.6 Å². The van der Waals surface area contributed by atoms with E-state index in [2.05, 4.69) is 30.5 Å². The highest BCUT2D eigenvalue weighted by molar-refractivity contribution is 5.94. The Morgan fingerprint density at radius 1 is 1.07 bits per heavy atom. The number of amides is 1. The number of nitrogens with one attached hydrogen (secondary N) is 1. The van der Waals surface area contributed by atoms with Gasteiger partial charge in [0.2, 0.25) is 5.95 Å². The molecule has 30 heavy (non-hydrogen) atoms.